The Morgan fingerprint density at radius 3 is 2.64 bits per heavy atom. The molecule has 1 rings (SSSR count). The number of methoxy groups -OCH3 is 1. The summed E-state index contributed by atoms with van der Waals surface area (Å²) in [6, 6.07) is 0. The first-order valence-corrected chi connectivity index (χ1v) is 5.71. The van der Waals surface area contributed by atoms with E-state index in [1.54, 1.807) is 7.11 Å². The van der Waals surface area contributed by atoms with Gasteiger partial charge in [-0.15, -0.1) is 0 Å². The molecule has 84 valence electrons. The Balaban J connectivity index is 1.91. The minimum atomic E-state index is 0.827. The molecule has 0 amide bonds. The van der Waals surface area contributed by atoms with Gasteiger partial charge in [-0.05, 0) is 51.9 Å². The highest BCUT2D eigenvalue weighted by Crippen LogP contribution is 2.18. The maximum Gasteiger partial charge on any atom is 0.0587 e. The Kier molecular flexibility index (Phi) is 6.15. The van der Waals surface area contributed by atoms with Crippen LogP contribution >= 0.6 is 0 Å². The molecule has 1 N–H and O–H groups in total. The molecule has 1 aliphatic heterocycles. The third kappa shape index (κ3) is 4.94. The first kappa shape index (κ1) is 12.0. The highest BCUT2D eigenvalue weighted by molar-refractivity contribution is 4.70. The van der Waals surface area contributed by atoms with Crippen molar-refractivity contribution in [2.45, 2.75) is 19.3 Å². The molecule has 0 bridgehead atoms. The second kappa shape index (κ2) is 7.21. The highest BCUT2D eigenvalue weighted by Gasteiger charge is 2.15. The summed E-state index contributed by atoms with van der Waals surface area (Å²) in [5, 5.41) is 3.41. The molecule has 3 nitrogen and oxygen atoms in total. The standard InChI is InChI=1S/C11H24N2O/c1-13-8-4-11(5-9-13)3-6-12-7-10-14-2/h11-12H,3-10H2,1-2H3. The predicted molar refractivity (Wildman–Crippen MR) is 59.6 cm³/mol. The van der Waals surface area contributed by atoms with Crippen LogP contribution in [0.3, 0.4) is 0 Å². The molecule has 0 unspecified atom stereocenters. The lowest BCUT2D eigenvalue weighted by Gasteiger charge is -2.28. The highest BCUT2D eigenvalue weighted by atomic mass is 16.5. The van der Waals surface area contributed by atoms with Crippen molar-refractivity contribution in [2.24, 2.45) is 5.92 Å². The zero-order valence-corrected chi connectivity index (χ0v) is 9.59. The number of hydrogen-bond acceptors (Lipinski definition) is 3. The lowest BCUT2D eigenvalue weighted by Crippen LogP contribution is -2.32. The van der Waals surface area contributed by atoms with E-state index in [0.29, 0.717) is 0 Å². The first-order valence-electron chi connectivity index (χ1n) is 5.71. The number of likely N-dealkylation sites (tertiary alicyclic amines) is 1. The van der Waals surface area contributed by atoms with E-state index in [9.17, 15) is 0 Å². The van der Waals surface area contributed by atoms with Crippen LogP contribution in [0.1, 0.15) is 19.3 Å². The topological polar surface area (TPSA) is 24.5 Å². The predicted octanol–water partition coefficient (Wildman–Crippen LogP) is 0.954. The smallest absolute Gasteiger partial charge is 0.0587 e. The molecule has 3 heteroatoms. The first-order chi connectivity index (χ1) is 6.83. The SMILES string of the molecule is COCCNCCC1CCN(C)CC1. The second-order valence-corrected chi connectivity index (χ2v) is 4.28. The van der Waals surface area contributed by atoms with Crippen molar-refractivity contribution >= 4 is 0 Å². The van der Waals surface area contributed by atoms with Crippen LogP contribution in [0.4, 0.5) is 0 Å². The van der Waals surface area contributed by atoms with Gasteiger partial charge in [0.05, 0.1) is 6.61 Å². The molecule has 0 saturated carbocycles. The van der Waals surface area contributed by atoms with E-state index in [-0.39, 0.29) is 0 Å². The van der Waals surface area contributed by atoms with Crippen molar-refractivity contribution in [3.05, 3.63) is 0 Å². The zero-order chi connectivity index (χ0) is 10.2. The molecule has 0 radical (unpaired) electrons. The van der Waals surface area contributed by atoms with Gasteiger partial charge in [0.2, 0.25) is 0 Å². The second-order valence-electron chi connectivity index (χ2n) is 4.28. The molecule has 0 aliphatic carbocycles. The Morgan fingerprint density at radius 1 is 1.29 bits per heavy atom. The van der Waals surface area contributed by atoms with Gasteiger partial charge in [0.1, 0.15) is 0 Å². The molecule has 0 aromatic heterocycles. The Morgan fingerprint density at radius 2 is 2.00 bits per heavy atom. The van der Waals surface area contributed by atoms with Crippen LogP contribution in [0.5, 0.6) is 0 Å². The molecule has 0 spiro atoms. The van der Waals surface area contributed by atoms with Crippen molar-refractivity contribution in [1.29, 1.82) is 0 Å². The van der Waals surface area contributed by atoms with Gasteiger partial charge in [-0.25, -0.2) is 0 Å². The summed E-state index contributed by atoms with van der Waals surface area (Å²) in [6.07, 6.45) is 4.09. The van der Waals surface area contributed by atoms with Gasteiger partial charge in [0.15, 0.2) is 0 Å². The van der Waals surface area contributed by atoms with Gasteiger partial charge in [-0.1, -0.05) is 0 Å². The Labute approximate surface area is 87.8 Å². The van der Waals surface area contributed by atoms with E-state index in [1.165, 1.54) is 32.4 Å². The number of rotatable bonds is 6. The van der Waals surface area contributed by atoms with Crippen molar-refractivity contribution in [3.63, 3.8) is 0 Å². The number of nitrogens with zero attached hydrogens (tertiary/aromatic N) is 1. The monoisotopic (exact) mass is 200 g/mol. The maximum atomic E-state index is 4.98. The van der Waals surface area contributed by atoms with Crippen molar-refractivity contribution in [2.75, 3.05) is 46.9 Å². The summed E-state index contributed by atoms with van der Waals surface area (Å²) in [5.41, 5.74) is 0. The van der Waals surface area contributed by atoms with E-state index in [4.69, 9.17) is 4.74 Å². The molecule has 1 saturated heterocycles. The number of piperidine rings is 1. The van der Waals surface area contributed by atoms with Crippen LogP contribution in [-0.4, -0.2) is 51.8 Å². The molecule has 14 heavy (non-hydrogen) atoms. The van der Waals surface area contributed by atoms with Crippen molar-refractivity contribution in [3.8, 4) is 0 Å². The normalized spacial score (nSPS) is 20.1. The van der Waals surface area contributed by atoms with Gasteiger partial charge in [-0.3, -0.25) is 0 Å². The fourth-order valence-corrected chi connectivity index (χ4v) is 1.96. The van der Waals surface area contributed by atoms with Crippen LogP contribution in [0.25, 0.3) is 0 Å². The minimum absolute atomic E-state index is 0.827. The summed E-state index contributed by atoms with van der Waals surface area (Å²) < 4.78 is 4.98. The third-order valence-electron chi connectivity index (χ3n) is 3.05. The summed E-state index contributed by atoms with van der Waals surface area (Å²) in [4.78, 5) is 2.43. The Hall–Kier alpha value is -0.120. The number of hydrogen-bond donors (Lipinski definition) is 1. The molecule has 0 atom stereocenters. The van der Waals surface area contributed by atoms with Gasteiger partial charge in [0, 0.05) is 13.7 Å². The van der Waals surface area contributed by atoms with E-state index in [2.05, 4.69) is 17.3 Å². The van der Waals surface area contributed by atoms with Gasteiger partial charge >= 0.3 is 0 Å². The molecule has 0 aromatic rings. The number of ether oxygens (including phenoxy) is 1. The molecule has 1 aliphatic rings. The van der Waals surface area contributed by atoms with E-state index in [1.807, 2.05) is 0 Å². The van der Waals surface area contributed by atoms with E-state index in [0.717, 1.165) is 25.6 Å². The Bertz CT molecular complexity index is 133. The van der Waals surface area contributed by atoms with Crippen molar-refractivity contribution < 1.29 is 4.74 Å². The minimum Gasteiger partial charge on any atom is -0.383 e. The largest absolute Gasteiger partial charge is 0.383 e. The summed E-state index contributed by atoms with van der Waals surface area (Å²) in [7, 11) is 3.96. The third-order valence-corrected chi connectivity index (χ3v) is 3.05. The van der Waals surface area contributed by atoms with E-state index < -0.39 is 0 Å². The average Bonchev–Trinajstić information content (AvgIpc) is 2.21. The van der Waals surface area contributed by atoms with Crippen LogP contribution < -0.4 is 5.32 Å². The van der Waals surface area contributed by atoms with E-state index >= 15 is 0 Å². The lowest BCUT2D eigenvalue weighted by molar-refractivity contribution is 0.193. The molecular weight excluding hydrogens is 176 g/mol. The fourth-order valence-electron chi connectivity index (χ4n) is 1.96. The van der Waals surface area contributed by atoms with Crippen molar-refractivity contribution in [1.82, 2.24) is 10.2 Å². The zero-order valence-electron chi connectivity index (χ0n) is 9.59. The van der Waals surface area contributed by atoms with Crippen LogP contribution in [-0.2, 0) is 4.74 Å². The number of nitrogens with one attached hydrogen (secondary N) is 1. The fraction of sp³-hybridized carbons (Fsp3) is 1.00. The quantitative estimate of drug-likeness (QED) is 0.646. The van der Waals surface area contributed by atoms with Gasteiger partial charge in [-0.2, -0.15) is 0 Å². The van der Waals surface area contributed by atoms with Gasteiger partial charge < -0.3 is 15.0 Å². The maximum absolute atomic E-state index is 4.98. The summed E-state index contributed by atoms with van der Waals surface area (Å²) >= 11 is 0. The molecular formula is C11H24N2O. The van der Waals surface area contributed by atoms with Gasteiger partial charge in [0.25, 0.3) is 0 Å². The van der Waals surface area contributed by atoms with Crippen LogP contribution in [0.2, 0.25) is 0 Å². The van der Waals surface area contributed by atoms with Crippen LogP contribution in [0.15, 0.2) is 0 Å². The average molecular weight is 200 g/mol. The summed E-state index contributed by atoms with van der Waals surface area (Å²) in [5.74, 6) is 0.946. The van der Waals surface area contributed by atoms with Crippen LogP contribution in [0, 0.1) is 5.92 Å². The molecule has 1 heterocycles. The lowest BCUT2D eigenvalue weighted by atomic mass is 9.94. The summed E-state index contributed by atoms with van der Waals surface area (Å²) in [6.45, 7) is 5.53. The molecule has 1 fully saturated rings. The molecule has 0 aromatic carbocycles.